The Morgan fingerprint density at radius 1 is 1.24 bits per heavy atom. The van der Waals surface area contributed by atoms with E-state index >= 15 is 0 Å². The minimum absolute atomic E-state index is 0.752. The van der Waals surface area contributed by atoms with Crippen LogP contribution in [0.2, 0.25) is 0 Å². The lowest BCUT2D eigenvalue weighted by atomic mass is 10.0. The van der Waals surface area contributed by atoms with Crippen LogP contribution in [0.1, 0.15) is 51.5 Å². The van der Waals surface area contributed by atoms with Crippen molar-refractivity contribution in [2.45, 2.75) is 52.5 Å². The van der Waals surface area contributed by atoms with Crippen LogP contribution in [-0.2, 0) is 13.6 Å². The molecule has 2 N–H and O–H groups in total. The normalized spacial score (nSPS) is 12.0. The molecule has 120 valence electrons. The molecule has 21 heavy (non-hydrogen) atoms. The Bertz CT molecular complexity index is 409. The van der Waals surface area contributed by atoms with Gasteiger partial charge in [-0.15, -0.1) is 0 Å². The van der Waals surface area contributed by atoms with E-state index in [0.29, 0.717) is 0 Å². The summed E-state index contributed by atoms with van der Waals surface area (Å²) in [5.74, 6) is 1.69. The number of hydrogen-bond acceptors (Lipinski definition) is 2. The van der Waals surface area contributed by atoms with Crippen LogP contribution in [0.15, 0.2) is 17.4 Å². The van der Waals surface area contributed by atoms with E-state index in [-0.39, 0.29) is 0 Å². The molecule has 0 radical (unpaired) electrons. The van der Waals surface area contributed by atoms with E-state index in [9.17, 15) is 0 Å². The zero-order valence-electron chi connectivity index (χ0n) is 14.0. The fourth-order valence-electron chi connectivity index (χ4n) is 2.21. The number of aryl methyl sites for hydroxylation is 1. The molecule has 0 aliphatic rings. The Balaban J connectivity index is 2.06. The van der Waals surface area contributed by atoms with Crippen molar-refractivity contribution in [2.24, 2.45) is 18.0 Å². The zero-order valence-corrected chi connectivity index (χ0v) is 14.0. The van der Waals surface area contributed by atoms with E-state index in [1.54, 1.807) is 7.05 Å². The number of aromatic nitrogens is 2. The summed E-state index contributed by atoms with van der Waals surface area (Å²) < 4.78 is 1.81. The fraction of sp³-hybridized carbons (Fsp3) is 0.750. The van der Waals surface area contributed by atoms with Crippen LogP contribution in [0.3, 0.4) is 0 Å². The van der Waals surface area contributed by atoms with Gasteiger partial charge in [0.05, 0.1) is 6.20 Å². The molecule has 0 saturated carbocycles. The Morgan fingerprint density at radius 3 is 2.62 bits per heavy atom. The van der Waals surface area contributed by atoms with Crippen molar-refractivity contribution in [3.05, 3.63) is 18.0 Å². The number of guanidine groups is 1. The fourth-order valence-corrected chi connectivity index (χ4v) is 2.21. The summed E-state index contributed by atoms with van der Waals surface area (Å²) >= 11 is 0. The highest BCUT2D eigenvalue weighted by molar-refractivity contribution is 5.79. The molecule has 0 bridgehead atoms. The van der Waals surface area contributed by atoms with Gasteiger partial charge in [0.25, 0.3) is 0 Å². The van der Waals surface area contributed by atoms with Gasteiger partial charge in [-0.2, -0.15) is 5.10 Å². The standard InChI is InChI=1S/C16H31N5/c1-14(2)9-7-5-6-8-10-18-16(17-3)19-11-15-12-20-21(4)13-15/h12-14H,5-11H2,1-4H3,(H2,17,18,19). The number of hydrogen-bond donors (Lipinski definition) is 2. The summed E-state index contributed by atoms with van der Waals surface area (Å²) in [6.45, 7) is 6.31. The molecule has 0 saturated heterocycles. The molecule has 0 amide bonds. The predicted octanol–water partition coefficient (Wildman–Crippen LogP) is 2.69. The van der Waals surface area contributed by atoms with E-state index in [0.717, 1.165) is 30.5 Å². The van der Waals surface area contributed by atoms with Crippen molar-refractivity contribution < 1.29 is 0 Å². The second-order valence-electron chi connectivity index (χ2n) is 5.97. The maximum absolute atomic E-state index is 4.23. The Kier molecular flexibility index (Phi) is 8.55. The van der Waals surface area contributed by atoms with Gasteiger partial charge in [-0.3, -0.25) is 9.67 Å². The molecular weight excluding hydrogens is 262 g/mol. The Hall–Kier alpha value is -1.52. The van der Waals surface area contributed by atoms with Gasteiger partial charge in [-0.25, -0.2) is 0 Å². The summed E-state index contributed by atoms with van der Waals surface area (Å²) in [5, 5.41) is 10.8. The average Bonchev–Trinajstić information content (AvgIpc) is 2.86. The van der Waals surface area contributed by atoms with Crippen molar-refractivity contribution in [1.29, 1.82) is 0 Å². The monoisotopic (exact) mass is 293 g/mol. The number of nitrogens with one attached hydrogen (secondary N) is 2. The maximum atomic E-state index is 4.23. The molecule has 1 heterocycles. The first-order valence-corrected chi connectivity index (χ1v) is 8.04. The van der Waals surface area contributed by atoms with Gasteiger partial charge in [-0.05, 0) is 12.3 Å². The van der Waals surface area contributed by atoms with E-state index in [1.807, 2.05) is 24.1 Å². The second-order valence-corrected chi connectivity index (χ2v) is 5.97. The molecule has 0 aliphatic heterocycles. The van der Waals surface area contributed by atoms with Gasteiger partial charge in [-0.1, -0.05) is 39.5 Å². The van der Waals surface area contributed by atoms with E-state index in [2.05, 4.69) is 34.6 Å². The molecule has 1 aromatic rings. The molecule has 5 nitrogen and oxygen atoms in total. The van der Waals surface area contributed by atoms with Crippen LogP contribution in [0.5, 0.6) is 0 Å². The first-order valence-electron chi connectivity index (χ1n) is 8.04. The minimum atomic E-state index is 0.752. The lowest BCUT2D eigenvalue weighted by molar-refractivity contribution is 0.518. The predicted molar refractivity (Wildman–Crippen MR) is 89.3 cm³/mol. The minimum Gasteiger partial charge on any atom is -0.356 e. The second kappa shape index (κ2) is 10.2. The van der Waals surface area contributed by atoms with Crippen LogP contribution in [0.25, 0.3) is 0 Å². The molecule has 0 aliphatic carbocycles. The summed E-state index contributed by atoms with van der Waals surface area (Å²) in [7, 11) is 3.73. The molecule has 0 aromatic carbocycles. The van der Waals surface area contributed by atoms with Gasteiger partial charge in [0.2, 0.25) is 0 Å². The third-order valence-corrected chi connectivity index (χ3v) is 3.44. The highest BCUT2D eigenvalue weighted by Crippen LogP contribution is 2.08. The molecule has 0 fully saturated rings. The maximum Gasteiger partial charge on any atom is 0.191 e. The Labute approximate surface area is 129 Å². The van der Waals surface area contributed by atoms with E-state index in [1.165, 1.54) is 32.1 Å². The van der Waals surface area contributed by atoms with Gasteiger partial charge < -0.3 is 10.6 Å². The van der Waals surface area contributed by atoms with Gasteiger partial charge in [0.15, 0.2) is 5.96 Å². The van der Waals surface area contributed by atoms with Crippen LogP contribution >= 0.6 is 0 Å². The molecule has 0 spiro atoms. The SMILES string of the molecule is CN=C(NCCCCCCC(C)C)NCc1cnn(C)c1. The lowest BCUT2D eigenvalue weighted by Crippen LogP contribution is -2.37. The van der Waals surface area contributed by atoms with Crippen LogP contribution in [-0.4, -0.2) is 29.3 Å². The molecular formula is C16H31N5. The number of unbranched alkanes of at least 4 members (excludes halogenated alkanes) is 3. The molecule has 1 rings (SSSR count). The largest absolute Gasteiger partial charge is 0.356 e. The first kappa shape index (κ1) is 17.5. The van der Waals surface area contributed by atoms with Crippen molar-refractivity contribution in [2.75, 3.05) is 13.6 Å². The third-order valence-electron chi connectivity index (χ3n) is 3.44. The third kappa shape index (κ3) is 8.38. The van der Waals surface area contributed by atoms with E-state index in [4.69, 9.17) is 0 Å². The zero-order chi connectivity index (χ0) is 15.5. The Morgan fingerprint density at radius 2 is 2.00 bits per heavy atom. The highest BCUT2D eigenvalue weighted by Gasteiger charge is 2.00. The number of rotatable bonds is 9. The summed E-state index contributed by atoms with van der Waals surface area (Å²) in [6.07, 6.45) is 10.4. The van der Waals surface area contributed by atoms with Crippen molar-refractivity contribution in [3.8, 4) is 0 Å². The van der Waals surface area contributed by atoms with Gasteiger partial charge in [0, 0.05) is 38.9 Å². The summed E-state index contributed by atoms with van der Waals surface area (Å²) in [4.78, 5) is 4.23. The highest BCUT2D eigenvalue weighted by atomic mass is 15.2. The molecule has 0 unspecified atom stereocenters. The van der Waals surface area contributed by atoms with E-state index < -0.39 is 0 Å². The molecule has 0 atom stereocenters. The lowest BCUT2D eigenvalue weighted by Gasteiger charge is -2.11. The average molecular weight is 293 g/mol. The quantitative estimate of drug-likeness (QED) is 0.418. The van der Waals surface area contributed by atoms with Crippen molar-refractivity contribution in [3.63, 3.8) is 0 Å². The molecule has 1 aromatic heterocycles. The van der Waals surface area contributed by atoms with Crippen molar-refractivity contribution in [1.82, 2.24) is 20.4 Å². The topological polar surface area (TPSA) is 54.2 Å². The van der Waals surface area contributed by atoms with Gasteiger partial charge in [0.1, 0.15) is 0 Å². The van der Waals surface area contributed by atoms with Crippen LogP contribution in [0, 0.1) is 5.92 Å². The smallest absolute Gasteiger partial charge is 0.191 e. The molecule has 5 heteroatoms. The number of nitrogens with zero attached hydrogens (tertiary/aromatic N) is 3. The van der Waals surface area contributed by atoms with Crippen LogP contribution in [0.4, 0.5) is 0 Å². The van der Waals surface area contributed by atoms with Crippen molar-refractivity contribution >= 4 is 5.96 Å². The summed E-state index contributed by atoms with van der Waals surface area (Å²) in [6, 6.07) is 0. The van der Waals surface area contributed by atoms with Gasteiger partial charge >= 0.3 is 0 Å². The number of aliphatic imine (C=N–C) groups is 1. The van der Waals surface area contributed by atoms with Crippen LogP contribution < -0.4 is 10.6 Å². The first-order chi connectivity index (χ1) is 10.1. The summed E-state index contributed by atoms with van der Waals surface area (Å²) in [5.41, 5.74) is 1.16.